The SMILES string of the molecule is CC(=O)OCC[C@H]1CC[C@@H](CCC2C(=O)CCCC2=O)N1C(=O)OCc1ccccc1. The minimum Gasteiger partial charge on any atom is -0.466 e. The molecule has 0 N–H and O–H groups in total. The maximum Gasteiger partial charge on any atom is 0.410 e. The van der Waals surface area contributed by atoms with Gasteiger partial charge in [0.1, 0.15) is 18.2 Å². The number of amides is 1. The van der Waals surface area contributed by atoms with Crippen LogP contribution in [0.3, 0.4) is 0 Å². The van der Waals surface area contributed by atoms with Crippen LogP contribution in [-0.2, 0) is 30.5 Å². The van der Waals surface area contributed by atoms with Gasteiger partial charge in [-0.05, 0) is 37.7 Å². The molecule has 1 aromatic rings. The molecule has 0 bridgehead atoms. The van der Waals surface area contributed by atoms with Gasteiger partial charge in [-0.1, -0.05) is 30.3 Å². The van der Waals surface area contributed by atoms with E-state index in [4.69, 9.17) is 9.47 Å². The lowest BCUT2D eigenvalue weighted by atomic mass is 9.83. The molecule has 0 spiro atoms. The van der Waals surface area contributed by atoms with Crippen molar-refractivity contribution in [2.45, 2.75) is 77.0 Å². The summed E-state index contributed by atoms with van der Waals surface area (Å²) in [6.45, 7) is 1.79. The van der Waals surface area contributed by atoms with E-state index in [0.29, 0.717) is 38.5 Å². The third kappa shape index (κ3) is 6.39. The van der Waals surface area contributed by atoms with Crippen molar-refractivity contribution in [2.75, 3.05) is 6.61 Å². The number of hydrogen-bond donors (Lipinski definition) is 0. The van der Waals surface area contributed by atoms with E-state index >= 15 is 0 Å². The van der Waals surface area contributed by atoms with E-state index in [1.807, 2.05) is 30.3 Å². The molecule has 0 unspecified atom stereocenters. The third-order valence-corrected chi connectivity index (χ3v) is 6.20. The zero-order chi connectivity index (χ0) is 22.2. The average molecular weight is 430 g/mol. The molecular weight excluding hydrogens is 398 g/mol. The van der Waals surface area contributed by atoms with Crippen LogP contribution in [0.1, 0.15) is 63.9 Å². The molecule has 0 aromatic heterocycles. The Hall–Kier alpha value is -2.70. The van der Waals surface area contributed by atoms with Gasteiger partial charge in [0.15, 0.2) is 0 Å². The molecule has 31 heavy (non-hydrogen) atoms. The summed E-state index contributed by atoms with van der Waals surface area (Å²) in [7, 11) is 0. The fourth-order valence-corrected chi connectivity index (χ4v) is 4.60. The molecule has 1 amide bonds. The summed E-state index contributed by atoms with van der Waals surface area (Å²) in [6, 6.07) is 9.30. The standard InChI is InChI=1S/C24H31NO6/c1-17(26)30-15-14-20-11-10-19(12-13-21-22(27)8-5-9-23(21)28)25(20)24(29)31-16-18-6-3-2-4-7-18/h2-4,6-7,19-21H,5,8-16H2,1H3/t19-,20+/m0/s1. The van der Waals surface area contributed by atoms with Gasteiger partial charge >= 0.3 is 12.1 Å². The maximum absolute atomic E-state index is 13.0. The molecule has 1 saturated heterocycles. The molecule has 1 aromatic carbocycles. The van der Waals surface area contributed by atoms with Crippen molar-refractivity contribution in [3.8, 4) is 0 Å². The number of esters is 1. The Kier molecular flexibility index (Phi) is 8.20. The Morgan fingerprint density at radius 3 is 2.23 bits per heavy atom. The zero-order valence-corrected chi connectivity index (χ0v) is 18.1. The number of benzene rings is 1. The molecule has 2 atom stereocenters. The van der Waals surface area contributed by atoms with Crippen molar-refractivity contribution in [1.82, 2.24) is 4.90 Å². The largest absolute Gasteiger partial charge is 0.466 e. The molecule has 1 heterocycles. The number of likely N-dealkylation sites (tertiary alicyclic amines) is 1. The van der Waals surface area contributed by atoms with Gasteiger partial charge in [-0.15, -0.1) is 0 Å². The normalized spacial score (nSPS) is 21.9. The highest BCUT2D eigenvalue weighted by atomic mass is 16.6. The van der Waals surface area contributed by atoms with Crippen molar-refractivity contribution in [3.63, 3.8) is 0 Å². The Labute approximate surface area is 183 Å². The van der Waals surface area contributed by atoms with Crippen molar-refractivity contribution >= 4 is 23.6 Å². The highest BCUT2D eigenvalue weighted by Gasteiger charge is 2.39. The maximum atomic E-state index is 13.0. The number of hydrogen-bond acceptors (Lipinski definition) is 6. The first-order chi connectivity index (χ1) is 15.0. The quantitative estimate of drug-likeness (QED) is 0.461. The van der Waals surface area contributed by atoms with Gasteiger partial charge < -0.3 is 14.4 Å². The Balaban J connectivity index is 1.62. The number of nitrogens with zero attached hydrogens (tertiary/aromatic N) is 1. The molecule has 7 heteroatoms. The first-order valence-corrected chi connectivity index (χ1v) is 11.1. The summed E-state index contributed by atoms with van der Waals surface area (Å²) < 4.78 is 10.7. The van der Waals surface area contributed by atoms with Crippen LogP contribution < -0.4 is 0 Å². The van der Waals surface area contributed by atoms with Gasteiger partial charge in [0.25, 0.3) is 0 Å². The fourth-order valence-electron chi connectivity index (χ4n) is 4.60. The van der Waals surface area contributed by atoms with Gasteiger partial charge in [0, 0.05) is 38.3 Å². The number of carbonyl (C=O) groups excluding carboxylic acids is 4. The monoisotopic (exact) mass is 429 g/mol. The van der Waals surface area contributed by atoms with E-state index in [1.54, 1.807) is 4.90 Å². The number of carbonyl (C=O) groups is 4. The van der Waals surface area contributed by atoms with Crippen LogP contribution in [-0.4, -0.2) is 47.2 Å². The fraction of sp³-hybridized carbons (Fsp3) is 0.583. The van der Waals surface area contributed by atoms with Gasteiger partial charge in [0.2, 0.25) is 0 Å². The smallest absolute Gasteiger partial charge is 0.410 e. The lowest BCUT2D eigenvalue weighted by Crippen LogP contribution is -2.42. The zero-order valence-electron chi connectivity index (χ0n) is 18.1. The van der Waals surface area contributed by atoms with E-state index < -0.39 is 12.0 Å². The topological polar surface area (TPSA) is 90.0 Å². The van der Waals surface area contributed by atoms with E-state index in [9.17, 15) is 19.2 Å². The summed E-state index contributed by atoms with van der Waals surface area (Å²) in [4.78, 5) is 50.2. The first-order valence-electron chi connectivity index (χ1n) is 11.1. The second-order valence-corrected chi connectivity index (χ2v) is 8.38. The van der Waals surface area contributed by atoms with Gasteiger partial charge in [-0.3, -0.25) is 14.4 Å². The van der Waals surface area contributed by atoms with E-state index in [-0.39, 0.29) is 42.8 Å². The summed E-state index contributed by atoms with van der Waals surface area (Å²) in [6.07, 6.45) is 4.34. The molecule has 2 fully saturated rings. The summed E-state index contributed by atoms with van der Waals surface area (Å²) in [5.74, 6) is -0.823. The van der Waals surface area contributed by atoms with Crippen molar-refractivity contribution in [2.24, 2.45) is 5.92 Å². The molecule has 7 nitrogen and oxygen atoms in total. The van der Waals surface area contributed by atoms with Crippen LogP contribution in [0.15, 0.2) is 30.3 Å². The summed E-state index contributed by atoms with van der Waals surface area (Å²) in [5, 5.41) is 0. The van der Waals surface area contributed by atoms with Gasteiger partial charge in [-0.25, -0.2) is 4.79 Å². The van der Waals surface area contributed by atoms with Crippen LogP contribution in [0.25, 0.3) is 0 Å². The highest BCUT2D eigenvalue weighted by Crippen LogP contribution is 2.32. The van der Waals surface area contributed by atoms with Crippen LogP contribution in [0.4, 0.5) is 4.79 Å². The number of Topliss-reactive ketones (excluding diaryl/α,β-unsaturated/α-hetero) is 2. The Morgan fingerprint density at radius 2 is 1.58 bits per heavy atom. The molecule has 0 radical (unpaired) electrons. The van der Waals surface area contributed by atoms with Crippen molar-refractivity contribution in [3.05, 3.63) is 35.9 Å². The molecular formula is C24H31NO6. The average Bonchev–Trinajstić information content (AvgIpc) is 3.15. The minimum absolute atomic E-state index is 0.0267. The summed E-state index contributed by atoms with van der Waals surface area (Å²) in [5.41, 5.74) is 0.904. The molecule has 3 rings (SSSR count). The predicted octanol–water partition coefficient (Wildman–Crippen LogP) is 3.83. The van der Waals surface area contributed by atoms with Gasteiger partial charge in [0.05, 0.1) is 12.5 Å². The number of rotatable bonds is 8. The van der Waals surface area contributed by atoms with E-state index in [0.717, 1.165) is 18.4 Å². The molecule has 1 saturated carbocycles. The van der Waals surface area contributed by atoms with Crippen LogP contribution >= 0.6 is 0 Å². The molecule has 168 valence electrons. The van der Waals surface area contributed by atoms with Crippen molar-refractivity contribution in [1.29, 1.82) is 0 Å². The molecule has 2 aliphatic rings. The third-order valence-electron chi connectivity index (χ3n) is 6.20. The Bertz CT molecular complexity index is 777. The Morgan fingerprint density at radius 1 is 0.935 bits per heavy atom. The van der Waals surface area contributed by atoms with E-state index in [2.05, 4.69) is 0 Å². The van der Waals surface area contributed by atoms with Crippen LogP contribution in [0.5, 0.6) is 0 Å². The minimum atomic E-state index is -0.531. The number of ketones is 2. The second kappa shape index (κ2) is 11.1. The lowest BCUT2D eigenvalue weighted by Gasteiger charge is -2.30. The van der Waals surface area contributed by atoms with Gasteiger partial charge in [-0.2, -0.15) is 0 Å². The number of ether oxygens (including phenoxy) is 2. The van der Waals surface area contributed by atoms with Crippen LogP contribution in [0.2, 0.25) is 0 Å². The predicted molar refractivity (Wildman–Crippen MR) is 113 cm³/mol. The van der Waals surface area contributed by atoms with Crippen LogP contribution in [0, 0.1) is 5.92 Å². The highest BCUT2D eigenvalue weighted by molar-refractivity contribution is 6.04. The first kappa shape index (κ1) is 23.0. The second-order valence-electron chi connectivity index (χ2n) is 8.38. The molecule has 1 aliphatic heterocycles. The van der Waals surface area contributed by atoms with E-state index in [1.165, 1.54) is 6.92 Å². The summed E-state index contributed by atoms with van der Waals surface area (Å²) >= 11 is 0. The lowest BCUT2D eigenvalue weighted by molar-refractivity contribution is -0.141. The van der Waals surface area contributed by atoms with Crippen molar-refractivity contribution < 1.29 is 28.7 Å². The molecule has 1 aliphatic carbocycles.